The number of carbonyl (C=O) groups excluding carboxylic acids is 1. The van der Waals surface area contributed by atoms with Crippen LogP contribution in [0.4, 0.5) is 4.39 Å². The minimum absolute atomic E-state index is 0.00288. The van der Waals surface area contributed by atoms with Crippen molar-refractivity contribution in [1.29, 1.82) is 0 Å². The molecule has 1 unspecified atom stereocenters. The van der Waals surface area contributed by atoms with Crippen molar-refractivity contribution in [3.05, 3.63) is 71.3 Å². The van der Waals surface area contributed by atoms with Gasteiger partial charge >= 0.3 is 0 Å². The van der Waals surface area contributed by atoms with Crippen LogP contribution in [0.3, 0.4) is 0 Å². The van der Waals surface area contributed by atoms with Gasteiger partial charge in [0.2, 0.25) is 0 Å². The number of H-pyrrole nitrogens is 1. The van der Waals surface area contributed by atoms with Gasteiger partial charge in [-0.05, 0) is 54.7 Å². The van der Waals surface area contributed by atoms with Gasteiger partial charge in [-0.25, -0.2) is 9.37 Å². The van der Waals surface area contributed by atoms with Gasteiger partial charge in [-0.3, -0.25) is 4.79 Å². The first kappa shape index (κ1) is 15.3. The van der Waals surface area contributed by atoms with Crippen LogP contribution >= 0.6 is 0 Å². The molecule has 0 spiro atoms. The van der Waals surface area contributed by atoms with Gasteiger partial charge in [-0.1, -0.05) is 18.2 Å². The van der Waals surface area contributed by atoms with Gasteiger partial charge in [0.05, 0.1) is 23.4 Å². The van der Waals surface area contributed by atoms with Crippen LogP contribution in [0, 0.1) is 5.82 Å². The molecule has 5 heteroatoms. The van der Waals surface area contributed by atoms with Crippen LogP contribution in [-0.2, 0) is 6.42 Å². The largest absolute Gasteiger partial charge is 0.345 e. The lowest BCUT2D eigenvalue weighted by atomic mass is 9.80. The molecule has 0 fully saturated rings. The summed E-state index contributed by atoms with van der Waals surface area (Å²) in [6, 6.07) is 10.7. The first-order valence-electron chi connectivity index (χ1n) is 8.94. The average Bonchev–Trinajstić information content (AvgIpc) is 3.14. The van der Waals surface area contributed by atoms with Crippen molar-refractivity contribution < 1.29 is 9.18 Å². The molecule has 2 aromatic carbocycles. The Hall–Kier alpha value is -2.95. The highest BCUT2D eigenvalue weighted by Gasteiger charge is 2.35. The standard InChI is InChI=1S/C21H18FN3O/c22-16-5-1-3-13-7-9-19-15(20(13)16)4-2-10-25(19)21(26)14-6-8-17-18(11-14)24-12-23-17/h1,3-6,8,11-12,19H,2,7,9-10H2,(H,23,24). The summed E-state index contributed by atoms with van der Waals surface area (Å²) in [5.41, 5.74) is 5.04. The number of halogens is 1. The minimum atomic E-state index is -0.188. The third-order valence-electron chi connectivity index (χ3n) is 5.47. The Morgan fingerprint density at radius 1 is 1.27 bits per heavy atom. The fraction of sp³-hybridized carbons (Fsp3) is 0.238. The number of carbonyl (C=O) groups is 1. The zero-order chi connectivity index (χ0) is 17.7. The van der Waals surface area contributed by atoms with E-state index in [1.165, 1.54) is 6.07 Å². The highest BCUT2D eigenvalue weighted by Crippen LogP contribution is 2.38. The van der Waals surface area contributed by atoms with E-state index >= 15 is 0 Å². The van der Waals surface area contributed by atoms with Gasteiger partial charge in [0.15, 0.2) is 0 Å². The predicted octanol–water partition coefficient (Wildman–Crippen LogP) is 3.95. The van der Waals surface area contributed by atoms with Crippen molar-refractivity contribution in [1.82, 2.24) is 14.9 Å². The molecule has 0 bridgehead atoms. The Morgan fingerprint density at radius 3 is 3.12 bits per heavy atom. The van der Waals surface area contributed by atoms with Gasteiger partial charge < -0.3 is 9.88 Å². The number of nitrogens with one attached hydrogen (secondary N) is 1. The Morgan fingerprint density at radius 2 is 2.19 bits per heavy atom. The van der Waals surface area contributed by atoms with Gasteiger partial charge in [0.1, 0.15) is 5.82 Å². The normalized spacial score (nSPS) is 19.0. The van der Waals surface area contributed by atoms with Crippen LogP contribution in [0.15, 0.2) is 48.8 Å². The molecule has 2 heterocycles. The molecule has 1 amide bonds. The predicted molar refractivity (Wildman–Crippen MR) is 98.2 cm³/mol. The number of hydrogen-bond donors (Lipinski definition) is 1. The molecular weight excluding hydrogens is 329 g/mol. The van der Waals surface area contributed by atoms with Crippen LogP contribution in [0.1, 0.15) is 34.3 Å². The molecule has 26 heavy (non-hydrogen) atoms. The summed E-state index contributed by atoms with van der Waals surface area (Å²) in [5, 5.41) is 0. The molecule has 1 N–H and O–H groups in total. The summed E-state index contributed by atoms with van der Waals surface area (Å²) >= 11 is 0. The van der Waals surface area contributed by atoms with E-state index in [1.807, 2.05) is 29.2 Å². The highest BCUT2D eigenvalue weighted by atomic mass is 19.1. The van der Waals surface area contributed by atoms with Gasteiger partial charge in [0, 0.05) is 17.7 Å². The first-order chi connectivity index (χ1) is 12.7. The number of aromatic nitrogens is 2. The Labute approximate surface area is 150 Å². The summed E-state index contributed by atoms with van der Waals surface area (Å²) < 4.78 is 14.5. The number of imidazole rings is 1. The van der Waals surface area contributed by atoms with Crippen LogP contribution in [0.5, 0.6) is 0 Å². The molecule has 130 valence electrons. The van der Waals surface area contributed by atoms with Crippen LogP contribution < -0.4 is 0 Å². The number of aromatic amines is 1. The third kappa shape index (κ3) is 2.27. The maximum absolute atomic E-state index is 14.5. The highest BCUT2D eigenvalue weighted by molar-refractivity contribution is 5.99. The molecule has 1 aliphatic heterocycles. The molecule has 1 aromatic heterocycles. The summed E-state index contributed by atoms with van der Waals surface area (Å²) in [4.78, 5) is 22.3. The fourth-order valence-corrected chi connectivity index (χ4v) is 4.27. The minimum Gasteiger partial charge on any atom is -0.345 e. The monoisotopic (exact) mass is 347 g/mol. The lowest BCUT2D eigenvalue weighted by Gasteiger charge is -2.40. The second-order valence-electron chi connectivity index (χ2n) is 6.91. The molecule has 1 aliphatic carbocycles. The van der Waals surface area contributed by atoms with Crippen LogP contribution in [0.25, 0.3) is 16.6 Å². The van der Waals surface area contributed by atoms with E-state index in [2.05, 4.69) is 16.0 Å². The number of rotatable bonds is 1. The SMILES string of the molecule is O=C(c1ccc2nc[nH]c2c1)N1CCC=C2c3c(F)cccc3CCC21. The van der Waals surface area contributed by atoms with Crippen LogP contribution in [0.2, 0.25) is 0 Å². The molecule has 4 nitrogen and oxygen atoms in total. The van der Waals surface area contributed by atoms with E-state index in [1.54, 1.807) is 12.4 Å². The second-order valence-corrected chi connectivity index (χ2v) is 6.91. The molecular formula is C21H18FN3O. The summed E-state index contributed by atoms with van der Waals surface area (Å²) in [6.45, 7) is 0.664. The quantitative estimate of drug-likeness (QED) is 0.725. The third-order valence-corrected chi connectivity index (χ3v) is 5.47. The van der Waals surface area contributed by atoms with E-state index in [0.29, 0.717) is 17.7 Å². The molecule has 0 saturated carbocycles. The molecule has 3 aromatic rings. The van der Waals surface area contributed by atoms with Crippen LogP contribution in [-0.4, -0.2) is 33.4 Å². The van der Waals surface area contributed by atoms with E-state index in [9.17, 15) is 9.18 Å². The Bertz CT molecular complexity index is 1050. The molecule has 1 atom stereocenters. The number of amides is 1. The topological polar surface area (TPSA) is 49.0 Å². The van der Waals surface area contributed by atoms with Crippen molar-refractivity contribution in [3.63, 3.8) is 0 Å². The maximum Gasteiger partial charge on any atom is 0.254 e. The maximum atomic E-state index is 14.5. The Balaban J connectivity index is 1.52. The first-order valence-corrected chi connectivity index (χ1v) is 8.94. The van der Waals surface area contributed by atoms with E-state index in [4.69, 9.17) is 0 Å². The lowest BCUT2D eigenvalue weighted by molar-refractivity contribution is 0.0706. The number of aryl methyl sites for hydroxylation is 1. The van der Waals surface area contributed by atoms with Crippen molar-refractivity contribution in [2.45, 2.75) is 25.3 Å². The molecule has 2 aliphatic rings. The van der Waals surface area contributed by atoms with E-state index in [0.717, 1.165) is 41.4 Å². The van der Waals surface area contributed by atoms with Crippen molar-refractivity contribution in [2.75, 3.05) is 6.54 Å². The zero-order valence-electron chi connectivity index (χ0n) is 14.2. The van der Waals surface area contributed by atoms with Gasteiger partial charge in [-0.2, -0.15) is 0 Å². The fourth-order valence-electron chi connectivity index (χ4n) is 4.27. The second kappa shape index (κ2) is 5.80. The van der Waals surface area contributed by atoms with Crippen molar-refractivity contribution >= 4 is 22.5 Å². The molecule has 0 saturated heterocycles. The average molecular weight is 347 g/mol. The van der Waals surface area contributed by atoms with Crippen molar-refractivity contribution in [2.24, 2.45) is 0 Å². The smallest absolute Gasteiger partial charge is 0.254 e. The molecule has 5 rings (SSSR count). The zero-order valence-corrected chi connectivity index (χ0v) is 14.2. The number of fused-ring (bicyclic) bond motifs is 4. The number of nitrogens with zero attached hydrogens (tertiary/aromatic N) is 2. The Kier molecular flexibility index (Phi) is 3.42. The van der Waals surface area contributed by atoms with Crippen molar-refractivity contribution in [3.8, 4) is 0 Å². The summed E-state index contributed by atoms with van der Waals surface area (Å²) in [5.74, 6) is -0.191. The number of hydrogen-bond acceptors (Lipinski definition) is 2. The summed E-state index contributed by atoms with van der Waals surface area (Å²) in [7, 11) is 0. The van der Waals surface area contributed by atoms with Gasteiger partial charge in [0.25, 0.3) is 5.91 Å². The number of benzene rings is 2. The summed E-state index contributed by atoms with van der Waals surface area (Å²) in [6.07, 6.45) is 6.10. The van der Waals surface area contributed by atoms with E-state index < -0.39 is 0 Å². The molecule has 0 radical (unpaired) electrons. The lowest BCUT2D eigenvalue weighted by Crippen LogP contribution is -2.45. The van der Waals surface area contributed by atoms with Gasteiger partial charge in [-0.15, -0.1) is 0 Å². The van der Waals surface area contributed by atoms with E-state index in [-0.39, 0.29) is 17.8 Å².